The van der Waals surface area contributed by atoms with Gasteiger partial charge in [0.1, 0.15) is 12.2 Å². The van der Waals surface area contributed by atoms with Gasteiger partial charge in [0.2, 0.25) is 0 Å². The monoisotopic (exact) mass is 878 g/mol. The van der Waals surface area contributed by atoms with E-state index in [1.807, 2.05) is 7.05 Å². The average Bonchev–Trinajstić information content (AvgIpc) is 3.28. The Morgan fingerprint density at radius 3 is 1.31 bits per heavy atom. The predicted octanol–water partition coefficient (Wildman–Crippen LogP) is 13.9. The van der Waals surface area contributed by atoms with Gasteiger partial charge < -0.3 is 36.5 Å². The first-order valence-electron chi connectivity index (χ1n) is 26.7. The number of ether oxygens (including phenoxy) is 2. The molecule has 0 rings (SSSR count). The van der Waals surface area contributed by atoms with E-state index in [-0.39, 0.29) is 18.2 Å². The molecule has 368 valence electrons. The number of nitrogens with one attached hydrogen (secondary N) is 2. The molecule has 0 radical (unpaired) electrons. The van der Waals surface area contributed by atoms with Gasteiger partial charge in [0.25, 0.3) is 6.47 Å². The summed E-state index contributed by atoms with van der Waals surface area (Å²) in [6, 6.07) is 0. The van der Waals surface area contributed by atoms with E-state index in [0.29, 0.717) is 12.9 Å². The molecule has 62 heavy (non-hydrogen) atoms. The molecule has 1 atom stereocenters. The quantitative estimate of drug-likeness (QED) is 0.0204. The van der Waals surface area contributed by atoms with E-state index >= 15 is 0 Å². The van der Waals surface area contributed by atoms with Crippen LogP contribution in [0.15, 0.2) is 23.8 Å². The molecule has 0 aromatic carbocycles. The fraction of sp³-hybridized carbons (Fsp3) is 0.887. The van der Waals surface area contributed by atoms with Crippen LogP contribution in [0.3, 0.4) is 0 Å². The normalized spacial score (nSPS) is 12.3. The lowest BCUT2D eigenvalue weighted by molar-refractivity contribution is -0.150. The molecule has 0 heterocycles. The van der Waals surface area contributed by atoms with Gasteiger partial charge in [-0.25, -0.2) is 0 Å². The number of nitrogens with two attached hydrogens (primary N) is 2. The van der Waals surface area contributed by atoms with E-state index in [9.17, 15) is 9.59 Å². The summed E-state index contributed by atoms with van der Waals surface area (Å²) in [6.45, 7) is 16.0. The van der Waals surface area contributed by atoms with Crippen molar-refractivity contribution in [2.24, 2.45) is 11.5 Å². The molecule has 0 aromatic heterocycles. The number of carbonyl (C=O) groups is 2. The van der Waals surface area contributed by atoms with Crippen molar-refractivity contribution in [1.29, 1.82) is 0 Å². The van der Waals surface area contributed by atoms with Crippen molar-refractivity contribution in [3.8, 4) is 0 Å². The van der Waals surface area contributed by atoms with E-state index in [4.69, 9.17) is 20.9 Å². The molecule has 0 spiro atoms. The van der Waals surface area contributed by atoms with Crippen molar-refractivity contribution < 1.29 is 19.1 Å². The molecule has 0 saturated heterocycles. The van der Waals surface area contributed by atoms with Gasteiger partial charge in [0.05, 0.1) is 11.4 Å². The second-order valence-electron chi connectivity index (χ2n) is 17.9. The van der Waals surface area contributed by atoms with Gasteiger partial charge in [-0.15, -0.1) is 0 Å². The second-order valence-corrected chi connectivity index (χ2v) is 17.9. The maximum absolute atomic E-state index is 12.8. The van der Waals surface area contributed by atoms with Crippen LogP contribution in [-0.4, -0.2) is 62.8 Å². The second kappa shape index (κ2) is 51.2. The van der Waals surface area contributed by atoms with Gasteiger partial charge in [-0.1, -0.05) is 182 Å². The minimum Gasteiger partial charge on any atom is -0.465 e. The molecule has 0 aliphatic carbocycles. The lowest BCUT2D eigenvalue weighted by Gasteiger charge is -2.23. The van der Waals surface area contributed by atoms with E-state index in [1.54, 1.807) is 12.4 Å². The summed E-state index contributed by atoms with van der Waals surface area (Å²) < 4.78 is 11.0. The van der Waals surface area contributed by atoms with Gasteiger partial charge in [0, 0.05) is 32.4 Å². The SMILES string of the molecule is CCCCCCCCC(CC)OC=O.CCCCCCCCC(CCCCCCCC)OC(=O)CCCCCCCN(CCCCCCCC)CCCNC(=C/N)/C(=C\N)NC. The third-order valence-corrected chi connectivity index (χ3v) is 12.2. The number of likely N-dealkylation sites (N-methyl/N-ethyl adjacent to an activating group) is 1. The number of hydrogen-bond acceptors (Lipinski definition) is 9. The van der Waals surface area contributed by atoms with Gasteiger partial charge in [-0.3, -0.25) is 9.59 Å². The lowest BCUT2D eigenvalue weighted by Crippen LogP contribution is -2.30. The zero-order chi connectivity index (χ0) is 46.0. The first-order valence-corrected chi connectivity index (χ1v) is 26.7. The highest BCUT2D eigenvalue weighted by Crippen LogP contribution is 2.19. The van der Waals surface area contributed by atoms with Crippen LogP contribution in [0, 0.1) is 0 Å². The molecule has 0 amide bonds. The average molecular weight is 878 g/mol. The topological polar surface area (TPSA) is 132 Å². The Morgan fingerprint density at radius 1 is 0.516 bits per heavy atom. The standard InChI is InChI=1S/C41H83N5O2.C12H24O2/c1-5-8-11-14-18-23-29-38(30-24-19-15-12-9-6-2)48-41(47)31-25-20-17-22-27-34-46(33-26-21-16-13-10-7-3)35-28-32-45-40(37-43)39(36-42)44-4;1-3-5-6-7-8-9-10-12(4-2)14-11-13/h36-38,44-45H,5-35,42-43H2,1-4H3;11-12H,3-10H2,1-2H3/b39-36+,40-37+;. The van der Waals surface area contributed by atoms with E-state index in [1.165, 1.54) is 180 Å². The van der Waals surface area contributed by atoms with Crippen molar-refractivity contribution in [2.45, 2.75) is 272 Å². The fourth-order valence-electron chi connectivity index (χ4n) is 8.07. The Hall–Kier alpha value is -2.42. The Labute approximate surface area is 385 Å². The minimum absolute atomic E-state index is 0.0344. The first kappa shape index (κ1) is 61.7. The smallest absolute Gasteiger partial charge is 0.306 e. The molecule has 0 bridgehead atoms. The van der Waals surface area contributed by atoms with Crippen LogP contribution in [0.1, 0.15) is 259 Å². The van der Waals surface area contributed by atoms with Crippen molar-refractivity contribution >= 4 is 12.4 Å². The molecule has 9 nitrogen and oxygen atoms in total. The fourth-order valence-corrected chi connectivity index (χ4v) is 8.07. The molecule has 0 aliphatic heterocycles. The zero-order valence-electron chi connectivity index (χ0n) is 42.2. The van der Waals surface area contributed by atoms with Crippen LogP contribution >= 0.6 is 0 Å². The summed E-state index contributed by atoms with van der Waals surface area (Å²) in [7, 11) is 1.85. The molecule has 6 N–H and O–H groups in total. The predicted molar refractivity (Wildman–Crippen MR) is 269 cm³/mol. The number of esters is 1. The van der Waals surface area contributed by atoms with E-state index < -0.39 is 0 Å². The number of carbonyl (C=O) groups excluding carboxylic acids is 2. The number of unbranched alkanes of at least 4 members (excludes halogenated alkanes) is 24. The third kappa shape index (κ3) is 42.9. The Bertz CT molecular complexity index is 977. The van der Waals surface area contributed by atoms with Crippen LogP contribution in [0.2, 0.25) is 0 Å². The number of hydrogen-bond donors (Lipinski definition) is 4. The Morgan fingerprint density at radius 2 is 0.903 bits per heavy atom. The van der Waals surface area contributed by atoms with Crippen LogP contribution in [0.5, 0.6) is 0 Å². The van der Waals surface area contributed by atoms with Crippen molar-refractivity contribution in [2.75, 3.05) is 33.2 Å². The molecule has 0 fully saturated rings. The highest BCUT2D eigenvalue weighted by molar-refractivity contribution is 5.69. The molecule has 1 unspecified atom stereocenters. The molecular weight excluding hydrogens is 771 g/mol. The third-order valence-electron chi connectivity index (χ3n) is 12.2. The first-order chi connectivity index (χ1) is 30.4. The van der Waals surface area contributed by atoms with E-state index in [2.05, 4.69) is 50.2 Å². The van der Waals surface area contributed by atoms with Gasteiger partial charge in [0.15, 0.2) is 0 Å². The van der Waals surface area contributed by atoms with Gasteiger partial charge >= 0.3 is 5.97 Å². The highest BCUT2D eigenvalue weighted by atomic mass is 16.5. The summed E-state index contributed by atoms with van der Waals surface area (Å²) in [6.07, 6.45) is 46.1. The van der Waals surface area contributed by atoms with Crippen molar-refractivity contribution in [3.05, 3.63) is 23.8 Å². The molecule has 0 aliphatic rings. The molecule has 9 heteroatoms. The summed E-state index contributed by atoms with van der Waals surface area (Å²) in [5, 5.41) is 6.51. The summed E-state index contributed by atoms with van der Waals surface area (Å²) >= 11 is 0. The number of nitrogens with zero attached hydrogens (tertiary/aromatic N) is 1. The Kier molecular flexibility index (Phi) is 50.9. The number of rotatable bonds is 47. The van der Waals surface area contributed by atoms with E-state index in [0.717, 1.165) is 76.0 Å². The van der Waals surface area contributed by atoms with Gasteiger partial charge in [-0.05, 0) is 90.3 Å². The van der Waals surface area contributed by atoms with Crippen molar-refractivity contribution in [3.63, 3.8) is 0 Å². The summed E-state index contributed by atoms with van der Waals surface area (Å²) in [5.41, 5.74) is 13.2. The highest BCUT2D eigenvalue weighted by Gasteiger charge is 2.15. The van der Waals surface area contributed by atoms with Crippen LogP contribution in [-0.2, 0) is 19.1 Å². The van der Waals surface area contributed by atoms with Crippen LogP contribution in [0.4, 0.5) is 0 Å². The summed E-state index contributed by atoms with van der Waals surface area (Å²) in [4.78, 5) is 25.5. The maximum atomic E-state index is 12.8. The molecular formula is C53H107N5O4. The minimum atomic E-state index is 0.0344. The van der Waals surface area contributed by atoms with Crippen LogP contribution in [0.25, 0.3) is 0 Å². The summed E-state index contributed by atoms with van der Waals surface area (Å²) in [5.74, 6) is 0.0344. The Balaban J connectivity index is 0. The van der Waals surface area contributed by atoms with Crippen LogP contribution < -0.4 is 22.1 Å². The van der Waals surface area contributed by atoms with Gasteiger partial charge in [-0.2, -0.15) is 0 Å². The largest absolute Gasteiger partial charge is 0.465 e. The van der Waals surface area contributed by atoms with Crippen molar-refractivity contribution in [1.82, 2.24) is 15.5 Å². The zero-order valence-corrected chi connectivity index (χ0v) is 42.2. The lowest BCUT2D eigenvalue weighted by atomic mass is 10.0. The maximum Gasteiger partial charge on any atom is 0.306 e. The molecule has 0 saturated carbocycles. The molecule has 0 aromatic rings.